The van der Waals surface area contributed by atoms with Crippen molar-refractivity contribution in [1.29, 1.82) is 0 Å². The number of anilines is 1. The molecule has 0 aromatic carbocycles. The topological polar surface area (TPSA) is 89.1 Å². The number of pyridine rings is 1. The minimum absolute atomic E-state index is 0.0491. The summed E-state index contributed by atoms with van der Waals surface area (Å²) in [6.45, 7) is 5.71. The van der Waals surface area contributed by atoms with Gasteiger partial charge in [0.25, 0.3) is 5.91 Å². The van der Waals surface area contributed by atoms with E-state index in [-0.39, 0.29) is 11.9 Å². The molecule has 174 valence electrons. The standard InChI is InChI=1S/C22H29F3N6O/c1-13(15-4-5-15)29-20(32)17-9-27-14(2)18(19(17)30-7-6-21(3,26)11-30)16-8-28-31(10-16)12-22(23,24)25/h8-10,13,15H,4-7,11-12,26H2,1-3H3,(H,29,32)/t13-,21-/m0/s1. The van der Waals surface area contributed by atoms with Crippen LogP contribution in [0.1, 0.15) is 49.2 Å². The van der Waals surface area contributed by atoms with Gasteiger partial charge in [0.1, 0.15) is 6.54 Å². The number of aryl methyl sites for hydroxylation is 1. The van der Waals surface area contributed by atoms with Gasteiger partial charge in [0, 0.05) is 53.9 Å². The third-order valence-corrected chi connectivity index (χ3v) is 6.26. The van der Waals surface area contributed by atoms with Crippen LogP contribution in [0.4, 0.5) is 18.9 Å². The van der Waals surface area contributed by atoms with E-state index in [2.05, 4.69) is 15.4 Å². The molecule has 2 fully saturated rings. The Morgan fingerprint density at radius 3 is 2.69 bits per heavy atom. The van der Waals surface area contributed by atoms with Crippen molar-refractivity contribution in [2.24, 2.45) is 11.7 Å². The molecule has 1 amide bonds. The molecule has 10 heteroatoms. The summed E-state index contributed by atoms with van der Waals surface area (Å²) in [5.41, 5.74) is 8.71. The highest BCUT2D eigenvalue weighted by Crippen LogP contribution is 2.39. The van der Waals surface area contributed by atoms with Crippen LogP contribution in [0.15, 0.2) is 18.6 Å². The summed E-state index contributed by atoms with van der Waals surface area (Å²) >= 11 is 0. The first kappa shape index (κ1) is 22.6. The molecule has 2 aromatic rings. The summed E-state index contributed by atoms with van der Waals surface area (Å²) in [4.78, 5) is 19.7. The number of alkyl halides is 3. The Labute approximate surface area is 185 Å². The monoisotopic (exact) mass is 450 g/mol. The van der Waals surface area contributed by atoms with Crippen LogP contribution in [0.2, 0.25) is 0 Å². The zero-order valence-electron chi connectivity index (χ0n) is 18.5. The molecule has 32 heavy (non-hydrogen) atoms. The van der Waals surface area contributed by atoms with Gasteiger partial charge in [-0.1, -0.05) is 0 Å². The smallest absolute Gasteiger partial charge is 0.368 e. The van der Waals surface area contributed by atoms with E-state index in [1.54, 1.807) is 13.1 Å². The minimum atomic E-state index is -4.38. The Kier molecular flexibility index (Phi) is 5.68. The Morgan fingerprint density at radius 1 is 1.38 bits per heavy atom. The summed E-state index contributed by atoms with van der Waals surface area (Å²) in [7, 11) is 0. The van der Waals surface area contributed by atoms with Crippen LogP contribution in [0.5, 0.6) is 0 Å². The number of carbonyl (C=O) groups is 1. The molecule has 1 saturated carbocycles. The predicted octanol–water partition coefficient (Wildman–Crippen LogP) is 3.27. The zero-order chi connectivity index (χ0) is 23.3. The predicted molar refractivity (Wildman–Crippen MR) is 115 cm³/mol. The number of nitrogens with two attached hydrogens (primary N) is 1. The van der Waals surface area contributed by atoms with Crippen molar-refractivity contribution < 1.29 is 18.0 Å². The molecule has 2 aromatic heterocycles. The number of rotatable bonds is 6. The third kappa shape index (κ3) is 4.90. The Bertz CT molecular complexity index is 1010. The van der Waals surface area contributed by atoms with E-state index in [1.165, 1.54) is 12.4 Å². The lowest BCUT2D eigenvalue weighted by Gasteiger charge is -2.27. The van der Waals surface area contributed by atoms with Gasteiger partial charge >= 0.3 is 6.18 Å². The largest absolute Gasteiger partial charge is 0.408 e. The van der Waals surface area contributed by atoms with E-state index in [4.69, 9.17) is 5.73 Å². The van der Waals surface area contributed by atoms with Gasteiger partial charge in [-0.25, -0.2) is 0 Å². The second-order valence-electron chi connectivity index (χ2n) is 9.45. The normalized spacial score (nSPS) is 22.3. The number of carbonyl (C=O) groups excluding carboxylic acids is 1. The van der Waals surface area contributed by atoms with Crippen molar-refractivity contribution in [3.05, 3.63) is 29.8 Å². The molecule has 3 N–H and O–H groups in total. The van der Waals surface area contributed by atoms with Crippen LogP contribution >= 0.6 is 0 Å². The van der Waals surface area contributed by atoms with Crippen LogP contribution in [-0.4, -0.2) is 51.5 Å². The maximum atomic E-state index is 13.2. The summed E-state index contributed by atoms with van der Waals surface area (Å²) < 4.78 is 39.4. The summed E-state index contributed by atoms with van der Waals surface area (Å²) in [6.07, 6.45) is 2.86. The summed E-state index contributed by atoms with van der Waals surface area (Å²) in [6, 6.07) is 0.0491. The maximum absolute atomic E-state index is 13.2. The molecule has 1 aliphatic heterocycles. The fourth-order valence-corrected chi connectivity index (χ4v) is 4.37. The van der Waals surface area contributed by atoms with Gasteiger partial charge in [0.2, 0.25) is 0 Å². The lowest BCUT2D eigenvalue weighted by Crippen LogP contribution is -2.40. The van der Waals surface area contributed by atoms with Crippen molar-refractivity contribution >= 4 is 11.6 Å². The van der Waals surface area contributed by atoms with Gasteiger partial charge in [-0.05, 0) is 46.0 Å². The average Bonchev–Trinajstić information content (AvgIpc) is 3.34. The van der Waals surface area contributed by atoms with Crippen LogP contribution < -0.4 is 16.0 Å². The minimum Gasteiger partial charge on any atom is -0.368 e. The molecule has 1 saturated heterocycles. The number of hydrogen-bond donors (Lipinski definition) is 2. The van der Waals surface area contributed by atoms with Crippen molar-refractivity contribution in [2.45, 2.75) is 64.3 Å². The number of halogens is 3. The van der Waals surface area contributed by atoms with Gasteiger partial charge in [0.15, 0.2) is 0 Å². The highest BCUT2D eigenvalue weighted by molar-refractivity contribution is 6.03. The van der Waals surface area contributed by atoms with E-state index in [0.717, 1.165) is 23.9 Å². The Hall–Kier alpha value is -2.62. The van der Waals surface area contributed by atoms with Gasteiger partial charge in [-0.2, -0.15) is 18.3 Å². The molecule has 2 aliphatic rings. The van der Waals surface area contributed by atoms with E-state index >= 15 is 0 Å². The van der Waals surface area contributed by atoms with Crippen LogP contribution in [0.3, 0.4) is 0 Å². The molecule has 4 rings (SSSR count). The average molecular weight is 451 g/mol. The third-order valence-electron chi connectivity index (χ3n) is 6.26. The maximum Gasteiger partial charge on any atom is 0.408 e. The van der Waals surface area contributed by atoms with E-state index in [9.17, 15) is 18.0 Å². The van der Waals surface area contributed by atoms with Gasteiger partial charge in [0.05, 0.1) is 17.4 Å². The lowest BCUT2D eigenvalue weighted by molar-refractivity contribution is -0.142. The van der Waals surface area contributed by atoms with E-state index < -0.39 is 18.3 Å². The number of amides is 1. The molecule has 2 atom stereocenters. The van der Waals surface area contributed by atoms with Crippen molar-refractivity contribution in [3.8, 4) is 11.1 Å². The Morgan fingerprint density at radius 2 is 2.09 bits per heavy atom. The van der Waals surface area contributed by atoms with Crippen LogP contribution in [0, 0.1) is 12.8 Å². The highest BCUT2D eigenvalue weighted by atomic mass is 19.4. The molecule has 0 radical (unpaired) electrons. The van der Waals surface area contributed by atoms with Crippen molar-refractivity contribution in [2.75, 3.05) is 18.0 Å². The van der Waals surface area contributed by atoms with Crippen LogP contribution in [0.25, 0.3) is 11.1 Å². The first-order chi connectivity index (χ1) is 14.9. The lowest BCUT2D eigenvalue weighted by atomic mass is 10.00. The highest BCUT2D eigenvalue weighted by Gasteiger charge is 2.36. The number of aromatic nitrogens is 3. The van der Waals surface area contributed by atoms with Crippen LogP contribution in [-0.2, 0) is 6.54 Å². The van der Waals surface area contributed by atoms with Crippen molar-refractivity contribution in [1.82, 2.24) is 20.1 Å². The quantitative estimate of drug-likeness (QED) is 0.705. The molecule has 0 bridgehead atoms. The van der Waals surface area contributed by atoms with Gasteiger partial charge in [-0.3, -0.25) is 14.5 Å². The summed E-state index contributed by atoms with van der Waals surface area (Å²) in [5, 5.41) is 6.97. The first-order valence-electron chi connectivity index (χ1n) is 10.9. The van der Waals surface area contributed by atoms with E-state index in [1.807, 2.05) is 18.7 Å². The fourth-order valence-electron chi connectivity index (χ4n) is 4.37. The second kappa shape index (κ2) is 8.06. The second-order valence-corrected chi connectivity index (χ2v) is 9.45. The van der Waals surface area contributed by atoms with Gasteiger partial charge in [-0.15, -0.1) is 0 Å². The molecule has 1 aliphatic carbocycles. The van der Waals surface area contributed by atoms with E-state index in [0.29, 0.717) is 47.1 Å². The molecule has 3 heterocycles. The Balaban J connectivity index is 1.77. The number of hydrogen-bond acceptors (Lipinski definition) is 5. The molecule has 7 nitrogen and oxygen atoms in total. The number of nitrogens with zero attached hydrogens (tertiary/aromatic N) is 4. The fraction of sp³-hybridized carbons (Fsp3) is 0.591. The molecular weight excluding hydrogens is 421 g/mol. The molecule has 0 spiro atoms. The zero-order valence-corrected chi connectivity index (χ0v) is 18.5. The number of nitrogens with one attached hydrogen (secondary N) is 1. The summed E-state index contributed by atoms with van der Waals surface area (Å²) in [5.74, 6) is 0.251. The first-order valence-corrected chi connectivity index (χ1v) is 10.9. The van der Waals surface area contributed by atoms with Crippen molar-refractivity contribution in [3.63, 3.8) is 0 Å². The van der Waals surface area contributed by atoms with Gasteiger partial charge < -0.3 is 16.0 Å². The molecule has 0 unspecified atom stereocenters. The SMILES string of the molecule is Cc1ncc(C(=O)N[C@@H](C)C2CC2)c(N2CC[C@](C)(N)C2)c1-c1cnn(CC(F)(F)F)c1. The molecular formula is C22H29F3N6O.